The summed E-state index contributed by atoms with van der Waals surface area (Å²) >= 11 is 0. The molecule has 2 atom stereocenters. The molecule has 1 aliphatic rings. The lowest BCUT2D eigenvalue weighted by molar-refractivity contribution is 0.431. The molecule has 1 heterocycles. The van der Waals surface area contributed by atoms with Crippen LogP contribution in [0.4, 0.5) is 0 Å². The van der Waals surface area contributed by atoms with Gasteiger partial charge in [-0.25, -0.2) is 9.22 Å². The maximum Gasteiger partial charge on any atom is 0.227 e. The predicted molar refractivity (Wildman–Crippen MR) is 87.7 cm³/mol. The highest BCUT2D eigenvalue weighted by Gasteiger charge is 2.21. The number of aliphatic imine (C=N–C) groups is 1. The molecular weight excluding hydrogens is 298 g/mol. The van der Waals surface area contributed by atoms with Gasteiger partial charge in [-0.1, -0.05) is 6.92 Å². The molecule has 1 N–H and O–H groups in total. The van der Waals surface area contributed by atoms with Crippen molar-refractivity contribution in [2.45, 2.75) is 25.2 Å². The topological polar surface area (TPSA) is 80.8 Å². The molecule has 0 aliphatic carbocycles. The van der Waals surface area contributed by atoms with E-state index in [0.29, 0.717) is 28.9 Å². The Hall–Kier alpha value is -2.20. The second-order valence-electron chi connectivity index (χ2n) is 4.82. The molecule has 0 spiro atoms. The van der Waals surface area contributed by atoms with Gasteiger partial charge in [0, 0.05) is 18.7 Å². The summed E-state index contributed by atoms with van der Waals surface area (Å²) in [6, 6.07) is 8.68. The van der Waals surface area contributed by atoms with Crippen LogP contribution in [-0.2, 0) is 11.0 Å². The first kappa shape index (κ1) is 16.2. The first-order valence-electron chi connectivity index (χ1n) is 7.22. The average molecular weight is 317 g/mol. The fourth-order valence-corrected chi connectivity index (χ4v) is 2.81. The Labute approximate surface area is 133 Å². The van der Waals surface area contributed by atoms with Crippen LogP contribution in [-0.4, -0.2) is 34.5 Å². The van der Waals surface area contributed by atoms with E-state index >= 15 is 0 Å². The molecule has 2 unspecified atom stereocenters. The summed E-state index contributed by atoms with van der Waals surface area (Å²) in [6.07, 6.45) is 2.91. The minimum absolute atomic E-state index is 0.396. The molecule has 0 bridgehead atoms. The maximum absolute atomic E-state index is 12.4. The van der Waals surface area contributed by atoms with Crippen molar-refractivity contribution in [1.29, 1.82) is 5.26 Å². The summed E-state index contributed by atoms with van der Waals surface area (Å²) in [5.41, 5.74) is 0.540. The van der Waals surface area contributed by atoms with Gasteiger partial charge < -0.3 is 0 Å². The third kappa shape index (κ3) is 3.92. The zero-order valence-corrected chi connectivity index (χ0v) is 13.5. The fraction of sp³-hybridized carbons (Fsp3) is 0.400. The maximum atomic E-state index is 12.4. The Bertz CT molecular complexity index is 632. The first-order chi connectivity index (χ1) is 10.7. The molecule has 22 heavy (non-hydrogen) atoms. The van der Waals surface area contributed by atoms with Crippen molar-refractivity contribution in [3.63, 3.8) is 0 Å². The van der Waals surface area contributed by atoms with Crippen LogP contribution in [0.1, 0.15) is 25.8 Å². The van der Waals surface area contributed by atoms with Crippen LogP contribution in [0.3, 0.4) is 0 Å². The molecule has 0 fully saturated rings. The van der Waals surface area contributed by atoms with Crippen LogP contribution >= 0.6 is 0 Å². The van der Waals surface area contributed by atoms with Gasteiger partial charge in [0.2, 0.25) is 5.96 Å². The molecule has 0 saturated heterocycles. The Balaban J connectivity index is 2.08. The number of nitrogens with zero attached hydrogens (tertiary/aromatic N) is 4. The smallest absolute Gasteiger partial charge is 0.227 e. The molecule has 1 aromatic carbocycles. The lowest BCUT2D eigenvalue weighted by Gasteiger charge is -2.18. The van der Waals surface area contributed by atoms with E-state index in [-0.39, 0.29) is 0 Å². The van der Waals surface area contributed by atoms with Gasteiger partial charge in [-0.05, 0) is 37.6 Å². The first-order valence-corrected chi connectivity index (χ1v) is 8.37. The van der Waals surface area contributed by atoms with Crippen LogP contribution < -0.4 is 4.72 Å². The monoisotopic (exact) mass is 317 g/mol. The normalized spacial score (nSPS) is 19.0. The minimum Gasteiger partial charge on any atom is -0.270 e. The van der Waals surface area contributed by atoms with Crippen LogP contribution in [0, 0.1) is 17.2 Å². The summed E-state index contributed by atoms with van der Waals surface area (Å²) in [4.78, 5) is 4.94. The highest BCUT2D eigenvalue weighted by atomic mass is 32.2. The zero-order chi connectivity index (χ0) is 15.9. The summed E-state index contributed by atoms with van der Waals surface area (Å²) in [5.74, 6) is 0.907. The highest BCUT2D eigenvalue weighted by Crippen LogP contribution is 2.12. The molecule has 1 aromatic rings. The van der Waals surface area contributed by atoms with Crippen LogP contribution in [0.25, 0.3) is 0 Å². The largest absolute Gasteiger partial charge is 0.270 e. The third-order valence-electron chi connectivity index (χ3n) is 3.28. The highest BCUT2D eigenvalue weighted by molar-refractivity contribution is 7.83. The summed E-state index contributed by atoms with van der Waals surface area (Å²) < 4.78 is 15.3. The number of rotatable bonds is 4. The van der Waals surface area contributed by atoms with Gasteiger partial charge in [-0.2, -0.15) is 10.4 Å². The van der Waals surface area contributed by atoms with Crippen molar-refractivity contribution in [3.05, 3.63) is 29.8 Å². The van der Waals surface area contributed by atoms with Crippen molar-refractivity contribution in [3.8, 4) is 6.07 Å². The van der Waals surface area contributed by atoms with Gasteiger partial charge >= 0.3 is 0 Å². The summed E-state index contributed by atoms with van der Waals surface area (Å²) in [5, 5.41) is 14.9. The van der Waals surface area contributed by atoms with Crippen molar-refractivity contribution >= 4 is 23.2 Å². The Kier molecular flexibility index (Phi) is 5.67. The van der Waals surface area contributed by atoms with Crippen LogP contribution in [0.15, 0.2) is 39.3 Å². The number of nitrogens with one attached hydrogen (secondary N) is 1. The standard InChI is InChI=1S/C15H19N5OS/c1-3-12-10-18-20(11-12)15(17-4-2)19-22(21)14-7-5-13(9-16)6-8-14/h5-8,10,12H,3-4,11H2,1-2H3,(H,17,19). The molecule has 2 rings (SSSR count). The number of nitriles is 1. The quantitative estimate of drug-likeness (QED) is 0.680. The van der Waals surface area contributed by atoms with Gasteiger partial charge in [0.25, 0.3) is 0 Å². The minimum atomic E-state index is -1.44. The number of benzene rings is 1. The van der Waals surface area contributed by atoms with Crippen molar-refractivity contribution < 1.29 is 4.21 Å². The van der Waals surface area contributed by atoms with E-state index in [0.717, 1.165) is 13.0 Å². The molecule has 116 valence electrons. The van der Waals surface area contributed by atoms with Crippen molar-refractivity contribution in [1.82, 2.24) is 9.73 Å². The van der Waals surface area contributed by atoms with E-state index in [1.54, 1.807) is 29.3 Å². The van der Waals surface area contributed by atoms with Crippen LogP contribution in [0.5, 0.6) is 0 Å². The summed E-state index contributed by atoms with van der Waals surface area (Å²) in [7, 11) is -1.44. The number of hydrazone groups is 1. The van der Waals surface area contributed by atoms with Crippen molar-refractivity contribution in [2.75, 3.05) is 13.1 Å². The van der Waals surface area contributed by atoms with E-state index in [9.17, 15) is 4.21 Å². The zero-order valence-electron chi connectivity index (χ0n) is 12.7. The van der Waals surface area contributed by atoms with Gasteiger partial charge in [0.1, 0.15) is 0 Å². The Morgan fingerprint density at radius 1 is 1.50 bits per heavy atom. The van der Waals surface area contributed by atoms with E-state index in [2.05, 4.69) is 21.7 Å². The lowest BCUT2D eigenvalue weighted by atomic mass is 10.1. The van der Waals surface area contributed by atoms with Gasteiger partial charge in [0.05, 0.1) is 23.1 Å². The average Bonchev–Trinajstić information content (AvgIpc) is 3.03. The summed E-state index contributed by atoms with van der Waals surface area (Å²) in [6.45, 7) is 5.35. The molecule has 6 nitrogen and oxygen atoms in total. The predicted octanol–water partition coefficient (Wildman–Crippen LogP) is 1.87. The molecule has 0 saturated carbocycles. The molecule has 0 aromatic heterocycles. The molecule has 1 aliphatic heterocycles. The third-order valence-corrected chi connectivity index (χ3v) is 4.35. The Morgan fingerprint density at radius 2 is 2.23 bits per heavy atom. The number of hydrogen-bond donors (Lipinski definition) is 1. The van der Waals surface area contributed by atoms with Gasteiger partial charge in [-0.3, -0.25) is 9.71 Å². The Morgan fingerprint density at radius 3 is 2.77 bits per heavy atom. The second-order valence-corrected chi connectivity index (χ2v) is 6.03. The number of guanidine groups is 1. The van der Waals surface area contributed by atoms with E-state index < -0.39 is 11.0 Å². The van der Waals surface area contributed by atoms with E-state index in [1.807, 2.05) is 19.2 Å². The molecular formula is C15H19N5OS. The lowest BCUT2D eigenvalue weighted by Crippen LogP contribution is -2.39. The molecule has 0 amide bonds. The molecule has 7 heteroatoms. The fourth-order valence-electron chi connectivity index (χ4n) is 1.98. The van der Waals surface area contributed by atoms with Crippen LogP contribution in [0.2, 0.25) is 0 Å². The number of hydrogen-bond acceptors (Lipinski definition) is 4. The second kappa shape index (κ2) is 7.71. The SMILES string of the molecule is CCN=C(NS(=O)c1ccc(C#N)cc1)N1CC(CC)C=N1. The van der Waals surface area contributed by atoms with E-state index in [4.69, 9.17) is 5.26 Å². The van der Waals surface area contributed by atoms with E-state index in [1.165, 1.54) is 0 Å². The van der Waals surface area contributed by atoms with Crippen molar-refractivity contribution in [2.24, 2.45) is 16.0 Å². The van der Waals surface area contributed by atoms with Gasteiger partial charge in [0.15, 0.2) is 11.0 Å². The molecule has 0 radical (unpaired) electrons. The van der Waals surface area contributed by atoms with Gasteiger partial charge in [-0.15, -0.1) is 0 Å².